The number of thiophene rings is 1. The third-order valence-corrected chi connectivity index (χ3v) is 4.34. The average Bonchev–Trinajstić information content (AvgIpc) is 3.25. The molecule has 23 heavy (non-hydrogen) atoms. The first-order chi connectivity index (χ1) is 11.1. The first-order valence-corrected chi connectivity index (χ1v) is 8.41. The van der Waals surface area contributed by atoms with Crippen LogP contribution in [-0.2, 0) is 4.79 Å². The van der Waals surface area contributed by atoms with Gasteiger partial charge in [-0.2, -0.15) is 4.98 Å². The number of aromatic nitrogens is 4. The highest BCUT2D eigenvalue weighted by molar-refractivity contribution is 7.13. The first-order valence-electron chi connectivity index (χ1n) is 7.53. The van der Waals surface area contributed by atoms with E-state index in [1.165, 1.54) is 0 Å². The second-order valence-electron chi connectivity index (χ2n) is 5.75. The predicted molar refractivity (Wildman–Crippen MR) is 91.2 cm³/mol. The Labute approximate surface area is 138 Å². The van der Waals surface area contributed by atoms with E-state index < -0.39 is 0 Å². The summed E-state index contributed by atoms with van der Waals surface area (Å²) >= 11 is 1.57. The minimum Gasteiger partial charge on any atom is -0.342 e. The molecule has 0 aliphatic heterocycles. The molecule has 7 heteroatoms. The van der Waals surface area contributed by atoms with E-state index in [0.29, 0.717) is 17.7 Å². The number of carbonyl (C=O) groups is 1. The molecule has 0 bridgehead atoms. The van der Waals surface area contributed by atoms with E-state index >= 15 is 0 Å². The molecule has 120 valence electrons. The molecule has 3 aromatic heterocycles. The Balaban J connectivity index is 1.74. The molecule has 0 fully saturated rings. The molecule has 3 aromatic rings. The smallest absolute Gasteiger partial charge is 0.249 e. The molecule has 3 rings (SSSR count). The lowest BCUT2D eigenvalue weighted by atomic mass is 10.0. The molecule has 2 N–H and O–H groups in total. The van der Waals surface area contributed by atoms with Crippen molar-refractivity contribution >= 4 is 23.2 Å². The van der Waals surface area contributed by atoms with Crippen molar-refractivity contribution in [2.24, 2.45) is 5.92 Å². The molecular weight excluding hydrogens is 310 g/mol. The molecule has 0 spiro atoms. The van der Waals surface area contributed by atoms with Gasteiger partial charge < -0.3 is 4.57 Å². The Morgan fingerprint density at radius 1 is 1.35 bits per heavy atom. The van der Waals surface area contributed by atoms with Crippen LogP contribution in [0.1, 0.15) is 26.3 Å². The van der Waals surface area contributed by atoms with Crippen LogP contribution < -0.4 is 5.32 Å². The zero-order chi connectivity index (χ0) is 16.2. The lowest BCUT2D eigenvalue weighted by molar-refractivity contribution is -0.119. The predicted octanol–water partition coefficient (Wildman–Crippen LogP) is 3.56. The Kier molecular flexibility index (Phi) is 4.57. The summed E-state index contributed by atoms with van der Waals surface area (Å²) in [6.07, 6.45) is 4.56. The summed E-state index contributed by atoms with van der Waals surface area (Å²) in [6, 6.07) is 7.47. The van der Waals surface area contributed by atoms with Crippen molar-refractivity contribution in [2.45, 2.75) is 26.3 Å². The third-order valence-electron chi connectivity index (χ3n) is 3.46. The number of anilines is 1. The topological polar surface area (TPSA) is 75.6 Å². The Bertz CT molecular complexity index is 745. The van der Waals surface area contributed by atoms with Crippen molar-refractivity contribution in [3.8, 4) is 10.7 Å². The molecule has 0 aromatic carbocycles. The van der Waals surface area contributed by atoms with Gasteiger partial charge in [0.1, 0.15) is 6.04 Å². The minimum absolute atomic E-state index is 0.105. The molecule has 0 aliphatic rings. The van der Waals surface area contributed by atoms with Crippen molar-refractivity contribution in [1.82, 2.24) is 19.7 Å². The maximum Gasteiger partial charge on any atom is 0.249 e. The normalized spacial score (nSPS) is 12.5. The molecular formula is C16H19N5OS. The number of hydrogen-bond donors (Lipinski definition) is 2. The molecule has 3 heterocycles. The van der Waals surface area contributed by atoms with Crippen LogP contribution >= 0.6 is 11.3 Å². The summed E-state index contributed by atoms with van der Waals surface area (Å²) in [6.45, 7) is 4.21. The second kappa shape index (κ2) is 6.78. The molecule has 0 aliphatic carbocycles. The van der Waals surface area contributed by atoms with Crippen molar-refractivity contribution in [3.63, 3.8) is 0 Å². The lowest BCUT2D eigenvalue weighted by Crippen LogP contribution is -2.27. The summed E-state index contributed by atoms with van der Waals surface area (Å²) in [7, 11) is 0. The number of carbonyl (C=O) groups excluding carboxylic acids is 1. The zero-order valence-corrected chi connectivity index (χ0v) is 13.9. The Hall–Kier alpha value is -2.41. The van der Waals surface area contributed by atoms with Gasteiger partial charge in [0.05, 0.1) is 4.88 Å². The number of H-pyrrole nitrogens is 1. The van der Waals surface area contributed by atoms with Crippen molar-refractivity contribution in [1.29, 1.82) is 0 Å². The average molecular weight is 329 g/mol. The number of aromatic amines is 1. The van der Waals surface area contributed by atoms with Gasteiger partial charge in [0.25, 0.3) is 0 Å². The number of amides is 1. The summed E-state index contributed by atoms with van der Waals surface area (Å²) < 4.78 is 1.92. The Morgan fingerprint density at radius 2 is 2.13 bits per heavy atom. The lowest BCUT2D eigenvalue weighted by Gasteiger charge is -2.19. The standard InChI is InChI=1S/C16H19N5OS/c1-11(2)10-12(21-7-3-4-8-21)15(22)18-16-17-14(19-20-16)13-6-5-9-23-13/h3-9,11-12H,10H2,1-2H3,(H2,17,18,19,20,22)/t12-/m1/s1. The Morgan fingerprint density at radius 3 is 2.78 bits per heavy atom. The minimum atomic E-state index is -0.270. The third kappa shape index (κ3) is 3.68. The van der Waals surface area contributed by atoms with Crippen LogP contribution in [0.3, 0.4) is 0 Å². The van der Waals surface area contributed by atoms with Gasteiger partial charge in [-0.1, -0.05) is 19.9 Å². The van der Waals surface area contributed by atoms with E-state index in [1.807, 2.05) is 46.6 Å². The highest BCUT2D eigenvalue weighted by Gasteiger charge is 2.22. The maximum absolute atomic E-state index is 12.6. The van der Waals surface area contributed by atoms with Crippen LogP contribution in [0.4, 0.5) is 5.95 Å². The van der Waals surface area contributed by atoms with Gasteiger partial charge in [0, 0.05) is 12.4 Å². The van der Waals surface area contributed by atoms with Gasteiger partial charge >= 0.3 is 0 Å². The van der Waals surface area contributed by atoms with E-state index in [1.54, 1.807) is 11.3 Å². The fourth-order valence-electron chi connectivity index (χ4n) is 2.40. The largest absolute Gasteiger partial charge is 0.342 e. The van der Waals surface area contributed by atoms with Crippen molar-refractivity contribution in [3.05, 3.63) is 42.0 Å². The van der Waals surface area contributed by atoms with E-state index in [2.05, 4.69) is 34.3 Å². The number of hydrogen-bond acceptors (Lipinski definition) is 4. The fraction of sp³-hybridized carbons (Fsp3) is 0.312. The van der Waals surface area contributed by atoms with E-state index in [4.69, 9.17) is 0 Å². The van der Waals surface area contributed by atoms with Gasteiger partial charge in [-0.05, 0) is 35.9 Å². The SMILES string of the molecule is CC(C)C[C@H](C(=O)Nc1n[nH]c(-c2cccs2)n1)n1cccc1. The summed E-state index contributed by atoms with van der Waals surface area (Å²) in [4.78, 5) is 17.9. The van der Waals surface area contributed by atoms with E-state index in [-0.39, 0.29) is 11.9 Å². The molecule has 1 amide bonds. The van der Waals surface area contributed by atoms with Gasteiger partial charge in [-0.15, -0.1) is 16.4 Å². The van der Waals surface area contributed by atoms with Gasteiger partial charge in [-0.25, -0.2) is 0 Å². The fourth-order valence-corrected chi connectivity index (χ4v) is 3.06. The van der Waals surface area contributed by atoms with Gasteiger partial charge in [0.2, 0.25) is 11.9 Å². The quantitative estimate of drug-likeness (QED) is 0.726. The molecule has 1 atom stereocenters. The van der Waals surface area contributed by atoms with Crippen LogP contribution in [0.2, 0.25) is 0 Å². The highest BCUT2D eigenvalue weighted by atomic mass is 32.1. The van der Waals surface area contributed by atoms with E-state index in [9.17, 15) is 4.79 Å². The molecule has 0 unspecified atom stereocenters. The number of nitrogens with zero attached hydrogens (tertiary/aromatic N) is 3. The molecule has 6 nitrogen and oxygen atoms in total. The number of rotatable bonds is 6. The van der Waals surface area contributed by atoms with Crippen LogP contribution in [-0.4, -0.2) is 25.7 Å². The zero-order valence-electron chi connectivity index (χ0n) is 13.1. The van der Waals surface area contributed by atoms with Crippen LogP contribution in [0, 0.1) is 5.92 Å². The second-order valence-corrected chi connectivity index (χ2v) is 6.70. The van der Waals surface area contributed by atoms with Crippen LogP contribution in [0.25, 0.3) is 10.7 Å². The first kappa shape index (κ1) is 15.5. The highest BCUT2D eigenvalue weighted by Crippen LogP contribution is 2.23. The monoisotopic (exact) mass is 329 g/mol. The maximum atomic E-state index is 12.6. The van der Waals surface area contributed by atoms with Crippen LogP contribution in [0.15, 0.2) is 42.0 Å². The van der Waals surface area contributed by atoms with Gasteiger partial charge in [0.15, 0.2) is 5.82 Å². The van der Waals surface area contributed by atoms with Gasteiger partial charge in [-0.3, -0.25) is 15.2 Å². The van der Waals surface area contributed by atoms with Crippen molar-refractivity contribution < 1.29 is 4.79 Å². The summed E-state index contributed by atoms with van der Waals surface area (Å²) in [5, 5.41) is 11.7. The summed E-state index contributed by atoms with van der Waals surface area (Å²) in [5.41, 5.74) is 0. The summed E-state index contributed by atoms with van der Waals surface area (Å²) in [5.74, 6) is 1.27. The molecule has 0 saturated carbocycles. The molecule has 0 radical (unpaired) electrons. The van der Waals surface area contributed by atoms with E-state index in [0.717, 1.165) is 11.3 Å². The number of nitrogens with one attached hydrogen (secondary N) is 2. The van der Waals surface area contributed by atoms with Crippen molar-refractivity contribution in [2.75, 3.05) is 5.32 Å². The molecule has 0 saturated heterocycles. The van der Waals surface area contributed by atoms with Crippen LogP contribution in [0.5, 0.6) is 0 Å².